The van der Waals surface area contributed by atoms with Crippen LogP contribution in [0.3, 0.4) is 0 Å². The summed E-state index contributed by atoms with van der Waals surface area (Å²) in [5, 5.41) is 6.51. The SMILES string of the molecule is Cc1cc(C)c(C)c(-c2ccc(-c3c(C)c(C)cc(C)c3C)c(-c3csnn3)c2)c1C. The van der Waals surface area contributed by atoms with Gasteiger partial charge in [-0.15, -0.1) is 5.10 Å². The highest BCUT2D eigenvalue weighted by Gasteiger charge is 2.19. The van der Waals surface area contributed by atoms with E-state index in [-0.39, 0.29) is 0 Å². The molecule has 0 aliphatic carbocycles. The zero-order chi connectivity index (χ0) is 22.4. The van der Waals surface area contributed by atoms with E-state index in [1.54, 1.807) is 0 Å². The number of nitrogens with zero attached hydrogens (tertiary/aromatic N) is 2. The standard InChI is InChI=1S/C28H30N2S/c1-15-11-16(2)20(6)27(19(15)5)23-9-10-24(25(13-23)26-14-31-30-29-26)28-21(7)17(3)12-18(4)22(28)8/h9-14H,1-8H3. The van der Waals surface area contributed by atoms with Crippen molar-refractivity contribution in [3.05, 3.63) is 80.2 Å². The van der Waals surface area contributed by atoms with E-state index in [9.17, 15) is 0 Å². The van der Waals surface area contributed by atoms with E-state index in [4.69, 9.17) is 0 Å². The fourth-order valence-corrected chi connectivity index (χ4v) is 5.14. The fourth-order valence-electron chi connectivity index (χ4n) is 4.68. The van der Waals surface area contributed by atoms with Gasteiger partial charge in [0, 0.05) is 10.9 Å². The molecule has 0 radical (unpaired) electrons. The van der Waals surface area contributed by atoms with Crippen LogP contribution in [0.25, 0.3) is 33.5 Å². The van der Waals surface area contributed by atoms with Gasteiger partial charge < -0.3 is 0 Å². The van der Waals surface area contributed by atoms with E-state index in [0.29, 0.717) is 0 Å². The van der Waals surface area contributed by atoms with Crippen molar-refractivity contribution in [2.45, 2.75) is 55.4 Å². The second-order valence-electron chi connectivity index (χ2n) is 8.82. The summed E-state index contributed by atoms with van der Waals surface area (Å²) in [6, 6.07) is 11.5. The van der Waals surface area contributed by atoms with Crippen molar-refractivity contribution in [1.82, 2.24) is 9.59 Å². The number of rotatable bonds is 3. The average Bonchev–Trinajstić information content (AvgIpc) is 3.27. The lowest BCUT2D eigenvalue weighted by molar-refractivity contribution is 1.16. The first kappa shape index (κ1) is 21.5. The van der Waals surface area contributed by atoms with Gasteiger partial charge in [-0.3, -0.25) is 0 Å². The first-order valence-electron chi connectivity index (χ1n) is 10.8. The lowest BCUT2D eigenvalue weighted by Gasteiger charge is -2.20. The zero-order valence-corrected chi connectivity index (χ0v) is 20.6. The maximum atomic E-state index is 4.46. The Morgan fingerprint density at radius 1 is 0.581 bits per heavy atom. The Kier molecular flexibility index (Phi) is 5.57. The van der Waals surface area contributed by atoms with Crippen LogP contribution in [-0.2, 0) is 0 Å². The zero-order valence-electron chi connectivity index (χ0n) is 19.8. The summed E-state index contributed by atoms with van der Waals surface area (Å²) in [6.07, 6.45) is 0. The molecule has 0 saturated carbocycles. The highest BCUT2D eigenvalue weighted by molar-refractivity contribution is 7.03. The summed E-state index contributed by atoms with van der Waals surface area (Å²) in [5.41, 5.74) is 17.9. The number of benzene rings is 3. The minimum atomic E-state index is 0.944. The lowest BCUT2D eigenvalue weighted by atomic mass is 9.84. The predicted molar refractivity (Wildman–Crippen MR) is 134 cm³/mol. The number of aromatic nitrogens is 2. The third kappa shape index (κ3) is 3.61. The Labute approximate surface area is 190 Å². The number of aryl methyl sites for hydroxylation is 4. The van der Waals surface area contributed by atoms with Gasteiger partial charge in [0.2, 0.25) is 0 Å². The summed E-state index contributed by atoms with van der Waals surface area (Å²) >= 11 is 1.40. The van der Waals surface area contributed by atoms with Crippen molar-refractivity contribution in [1.29, 1.82) is 0 Å². The second-order valence-corrected chi connectivity index (χ2v) is 9.43. The maximum absolute atomic E-state index is 4.46. The quantitative estimate of drug-likeness (QED) is 0.331. The monoisotopic (exact) mass is 426 g/mol. The largest absolute Gasteiger partial charge is 0.138 e. The van der Waals surface area contributed by atoms with Gasteiger partial charge in [0.25, 0.3) is 0 Å². The van der Waals surface area contributed by atoms with Gasteiger partial charge >= 0.3 is 0 Å². The Morgan fingerprint density at radius 2 is 1.10 bits per heavy atom. The van der Waals surface area contributed by atoms with Gasteiger partial charge in [-0.1, -0.05) is 28.8 Å². The molecule has 0 fully saturated rings. The van der Waals surface area contributed by atoms with E-state index in [1.807, 2.05) is 0 Å². The van der Waals surface area contributed by atoms with Crippen LogP contribution in [0.1, 0.15) is 44.5 Å². The molecule has 1 aromatic heterocycles. The highest BCUT2D eigenvalue weighted by atomic mass is 32.1. The Morgan fingerprint density at radius 3 is 1.58 bits per heavy atom. The van der Waals surface area contributed by atoms with Crippen molar-refractivity contribution in [2.75, 3.05) is 0 Å². The molecule has 1 heterocycles. The van der Waals surface area contributed by atoms with Gasteiger partial charge in [0.15, 0.2) is 0 Å². The van der Waals surface area contributed by atoms with E-state index in [0.717, 1.165) is 11.3 Å². The molecule has 0 aliphatic heterocycles. The van der Waals surface area contributed by atoms with Crippen LogP contribution >= 0.6 is 11.5 Å². The second kappa shape index (κ2) is 8.05. The summed E-state index contributed by atoms with van der Waals surface area (Å²) in [7, 11) is 0. The van der Waals surface area contributed by atoms with Crippen molar-refractivity contribution in [3.63, 3.8) is 0 Å². The van der Waals surface area contributed by atoms with Crippen LogP contribution in [0.4, 0.5) is 0 Å². The van der Waals surface area contributed by atoms with Crippen molar-refractivity contribution < 1.29 is 0 Å². The van der Waals surface area contributed by atoms with Crippen LogP contribution in [0.15, 0.2) is 35.7 Å². The number of hydrogen-bond donors (Lipinski definition) is 0. The van der Waals surface area contributed by atoms with Crippen molar-refractivity contribution in [2.24, 2.45) is 0 Å². The average molecular weight is 427 g/mol. The molecule has 31 heavy (non-hydrogen) atoms. The smallest absolute Gasteiger partial charge is 0.106 e. The Balaban J connectivity index is 2.05. The molecule has 0 N–H and O–H groups in total. The maximum Gasteiger partial charge on any atom is 0.106 e. The molecule has 158 valence electrons. The van der Waals surface area contributed by atoms with E-state index >= 15 is 0 Å². The molecule has 3 heteroatoms. The van der Waals surface area contributed by atoms with Crippen LogP contribution in [0.2, 0.25) is 0 Å². The number of hydrogen-bond acceptors (Lipinski definition) is 3. The van der Waals surface area contributed by atoms with Gasteiger partial charge in [-0.05, 0) is 140 Å². The van der Waals surface area contributed by atoms with Crippen LogP contribution < -0.4 is 0 Å². The van der Waals surface area contributed by atoms with E-state index in [1.165, 1.54) is 78.3 Å². The third-order valence-electron chi connectivity index (χ3n) is 6.95. The van der Waals surface area contributed by atoms with E-state index in [2.05, 4.69) is 101 Å². The first-order valence-corrected chi connectivity index (χ1v) is 11.6. The topological polar surface area (TPSA) is 25.8 Å². The van der Waals surface area contributed by atoms with Crippen molar-refractivity contribution >= 4 is 11.5 Å². The van der Waals surface area contributed by atoms with Crippen LogP contribution in [0, 0.1) is 55.4 Å². The van der Waals surface area contributed by atoms with Crippen molar-refractivity contribution in [3.8, 4) is 33.5 Å². The molecule has 3 aromatic carbocycles. The summed E-state index contributed by atoms with van der Waals surface area (Å²) in [6.45, 7) is 17.7. The molecule has 0 saturated heterocycles. The minimum Gasteiger partial charge on any atom is -0.138 e. The highest BCUT2D eigenvalue weighted by Crippen LogP contribution is 2.41. The molecule has 0 unspecified atom stereocenters. The Bertz CT molecular complexity index is 1250. The molecule has 0 aliphatic rings. The molecule has 0 spiro atoms. The van der Waals surface area contributed by atoms with Gasteiger partial charge in [0.1, 0.15) is 5.69 Å². The third-order valence-corrected chi connectivity index (χ3v) is 7.45. The molecule has 4 rings (SSSR count). The summed E-state index contributed by atoms with van der Waals surface area (Å²) < 4.78 is 4.17. The fraction of sp³-hybridized carbons (Fsp3) is 0.286. The summed E-state index contributed by atoms with van der Waals surface area (Å²) in [4.78, 5) is 0. The van der Waals surface area contributed by atoms with Gasteiger partial charge in [-0.2, -0.15) is 0 Å². The van der Waals surface area contributed by atoms with Crippen LogP contribution in [-0.4, -0.2) is 9.59 Å². The van der Waals surface area contributed by atoms with Gasteiger partial charge in [-0.25, -0.2) is 0 Å². The molecular formula is C28H30N2S. The first-order chi connectivity index (χ1) is 14.7. The molecule has 0 amide bonds. The molecule has 4 aromatic rings. The van der Waals surface area contributed by atoms with Crippen LogP contribution in [0.5, 0.6) is 0 Å². The lowest BCUT2D eigenvalue weighted by Crippen LogP contribution is -1.99. The molecule has 0 bridgehead atoms. The minimum absolute atomic E-state index is 0.944. The Hall–Kier alpha value is -2.78. The van der Waals surface area contributed by atoms with E-state index < -0.39 is 0 Å². The summed E-state index contributed by atoms with van der Waals surface area (Å²) in [5.74, 6) is 0. The molecule has 2 nitrogen and oxygen atoms in total. The molecule has 0 atom stereocenters. The predicted octanol–water partition coefficient (Wildman–Crippen LogP) is 8.01. The van der Waals surface area contributed by atoms with Gasteiger partial charge in [0.05, 0.1) is 0 Å². The normalized spacial score (nSPS) is 11.2. The molecular weight excluding hydrogens is 396 g/mol.